The van der Waals surface area contributed by atoms with E-state index in [1.54, 1.807) is 0 Å². The van der Waals surface area contributed by atoms with Crippen LogP contribution in [0.4, 0.5) is 0 Å². The molecule has 0 spiro atoms. The van der Waals surface area contributed by atoms with Gasteiger partial charge in [-0.1, -0.05) is 6.92 Å². The Morgan fingerprint density at radius 2 is 2.22 bits per heavy atom. The lowest BCUT2D eigenvalue weighted by Crippen LogP contribution is -2.46. The summed E-state index contributed by atoms with van der Waals surface area (Å²) in [6.45, 7) is 8.82. The molecule has 0 aromatic rings. The lowest BCUT2D eigenvalue weighted by Gasteiger charge is -2.29. The molecule has 0 bridgehead atoms. The summed E-state index contributed by atoms with van der Waals surface area (Å²) in [5, 5.41) is 3.66. The molecule has 0 saturated carbocycles. The molecule has 2 aliphatic heterocycles. The van der Waals surface area contributed by atoms with Crippen molar-refractivity contribution in [3.63, 3.8) is 0 Å². The summed E-state index contributed by atoms with van der Waals surface area (Å²) in [5.41, 5.74) is 0. The molecule has 0 amide bonds. The zero-order valence-electron chi connectivity index (χ0n) is 12.2. The van der Waals surface area contributed by atoms with Crippen molar-refractivity contribution in [2.75, 3.05) is 53.5 Å². The van der Waals surface area contributed by atoms with Gasteiger partial charge in [0, 0.05) is 37.7 Å². The molecule has 3 atom stereocenters. The molecule has 0 aromatic carbocycles. The quantitative estimate of drug-likeness (QED) is 0.754. The van der Waals surface area contributed by atoms with Crippen molar-refractivity contribution >= 4 is 0 Å². The highest BCUT2D eigenvalue weighted by Gasteiger charge is 2.30. The molecule has 0 radical (unpaired) electrons. The van der Waals surface area contributed by atoms with E-state index < -0.39 is 0 Å². The number of nitrogens with zero attached hydrogens (tertiary/aromatic N) is 2. The van der Waals surface area contributed by atoms with Gasteiger partial charge < -0.3 is 19.9 Å². The molecule has 3 unspecified atom stereocenters. The van der Waals surface area contributed by atoms with Crippen molar-refractivity contribution < 1.29 is 4.74 Å². The fourth-order valence-corrected chi connectivity index (χ4v) is 3.19. The average molecular weight is 255 g/mol. The number of ether oxygens (including phenoxy) is 1. The van der Waals surface area contributed by atoms with Crippen LogP contribution in [0.15, 0.2) is 0 Å². The summed E-state index contributed by atoms with van der Waals surface area (Å²) in [5.74, 6) is 0.711. The molecule has 2 fully saturated rings. The van der Waals surface area contributed by atoms with Crippen LogP contribution < -0.4 is 5.32 Å². The van der Waals surface area contributed by atoms with Crippen LogP contribution in [0.5, 0.6) is 0 Å². The van der Waals surface area contributed by atoms with Crippen LogP contribution in [0, 0.1) is 5.92 Å². The van der Waals surface area contributed by atoms with E-state index in [0.29, 0.717) is 12.0 Å². The van der Waals surface area contributed by atoms with E-state index in [1.807, 2.05) is 0 Å². The summed E-state index contributed by atoms with van der Waals surface area (Å²) in [4.78, 5) is 4.98. The van der Waals surface area contributed by atoms with Gasteiger partial charge in [-0.15, -0.1) is 0 Å². The minimum absolute atomic E-state index is 0.610. The van der Waals surface area contributed by atoms with E-state index in [9.17, 15) is 0 Å². The van der Waals surface area contributed by atoms with Crippen molar-refractivity contribution in [2.24, 2.45) is 5.92 Å². The highest BCUT2D eigenvalue weighted by molar-refractivity contribution is 4.87. The third-order valence-electron chi connectivity index (χ3n) is 4.43. The van der Waals surface area contributed by atoms with Crippen LogP contribution in [0.2, 0.25) is 0 Å². The van der Waals surface area contributed by atoms with Crippen molar-refractivity contribution in [3.8, 4) is 0 Å². The SMILES string of the molecule is CCNC(CN1CCC(N(C)C)C1)C1CCOC1. The largest absolute Gasteiger partial charge is 0.381 e. The van der Waals surface area contributed by atoms with Gasteiger partial charge in [0.25, 0.3) is 0 Å². The smallest absolute Gasteiger partial charge is 0.0510 e. The fourth-order valence-electron chi connectivity index (χ4n) is 3.19. The molecule has 0 aliphatic carbocycles. The Hall–Kier alpha value is -0.160. The third kappa shape index (κ3) is 3.67. The van der Waals surface area contributed by atoms with Gasteiger partial charge in [-0.2, -0.15) is 0 Å². The molecule has 0 aromatic heterocycles. The molecule has 2 saturated heterocycles. The van der Waals surface area contributed by atoms with Crippen LogP contribution in [0.3, 0.4) is 0 Å². The highest BCUT2D eigenvalue weighted by atomic mass is 16.5. The Labute approximate surface area is 112 Å². The van der Waals surface area contributed by atoms with Crippen LogP contribution >= 0.6 is 0 Å². The van der Waals surface area contributed by atoms with Crippen molar-refractivity contribution in [3.05, 3.63) is 0 Å². The lowest BCUT2D eigenvalue weighted by molar-refractivity contribution is 0.165. The molecule has 18 heavy (non-hydrogen) atoms. The molecule has 1 N–H and O–H groups in total. The summed E-state index contributed by atoms with van der Waals surface area (Å²) in [7, 11) is 4.39. The van der Waals surface area contributed by atoms with Gasteiger partial charge >= 0.3 is 0 Å². The van der Waals surface area contributed by atoms with Gasteiger partial charge in [0.05, 0.1) is 6.61 Å². The molecular formula is C14H29N3O. The van der Waals surface area contributed by atoms with Crippen LogP contribution in [0.1, 0.15) is 19.8 Å². The molecule has 2 rings (SSSR count). The predicted octanol–water partition coefficient (Wildman–Crippen LogP) is 0.637. The van der Waals surface area contributed by atoms with E-state index >= 15 is 0 Å². The molecular weight excluding hydrogens is 226 g/mol. The minimum atomic E-state index is 0.610. The van der Waals surface area contributed by atoms with Gasteiger partial charge in [0.1, 0.15) is 0 Å². The first-order valence-corrected chi connectivity index (χ1v) is 7.40. The Morgan fingerprint density at radius 3 is 2.78 bits per heavy atom. The van der Waals surface area contributed by atoms with Crippen molar-refractivity contribution in [1.29, 1.82) is 0 Å². The second kappa shape index (κ2) is 6.85. The van der Waals surface area contributed by atoms with E-state index in [0.717, 1.165) is 25.8 Å². The standard InChI is InChI=1S/C14H29N3O/c1-4-15-14(12-6-8-18-11-12)10-17-7-5-13(9-17)16(2)3/h12-15H,4-11H2,1-3H3. The first-order valence-electron chi connectivity index (χ1n) is 7.40. The summed E-state index contributed by atoms with van der Waals surface area (Å²) in [6.07, 6.45) is 2.54. The maximum atomic E-state index is 5.54. The Morgan fingerprint density at radius 1 is 1.39 bits per heavy atom. The number of likely N-dealkylation sites (tertiary alicyclic amines) is 1. The van der Waals surface area contributed by atoms with Gasteiger partial charge in [0.15, 0.2) is 0 Å². The van der Waals surface area contributed by atoms with E-state index in [2.05, 4.69) is 36.1 Å². The Kier molecular flexibility index (Phi) is 5.42. The van der Waals surface area contributed by atoms with E-state index in [4.69, 9.17) is 4.74 Å². The Bertz CT molecular complexity index is 241. The lowest BCUT2D eigenvalue weighted by atomic mass is 9.98. The predicted molar refractivity (Wildman–Crippen MR) is 74.9 cm³/mol. The number of likely N-dealkylation sites (N-methyl/N-ethyl adjacent to an activating group) is 2. The van der Waals surface area contributed by atoms with E-state index in [1.165, 1.54) is 32.5 Å². The van der Waals surface area contributed by atoms with E-state index in [-0.39, 0.29) is 0 Å². The number of nitrogens with one attached hydrogen (secondary N) is 1. The van der Waals surface area contributed by atoms with Crippen LogP contribution in [0.25, 0.3) is 0 Å². The fraction of sp³-hybridized carbons (Fsp3) is 1.00. The van der Waals surface area contributed by atoms with Gasteiger partial charge in [-0.05, 0) is 40.0 Å². The molecule has 2 heterocycles. The highest BCUT2D eigenvalue weighted by Crippen LogP contribution is 2.20. The maximum Gasteiger partial charge on any atom is 0.0510 e. The monoisotopic (exact) mass is 255 g/mol. The topological polar surface area (TPSA) is 27.7 Å². The second-order valence-corrected chi connectivity index (χ2v) is 5.95. The number of hydrogen-bond donors (Lipinski definition) is 1. The zero-order chi connectivity index (χ0) is 13.0. The number of hydrogen-bond acceptors (Lipinski definition) is 4. The van der Waals surface area contributed by atoms with Crippen LogP contribution in [-0.4, -0.2) is 75.4 Å². The third-order valence-corrected chi connectivity index (χ3v) is 4.43. The van der Waals surface area contributed by atoms with Gasteiger partial charge in [-0.25, -0.2) is 0 Å². The molecule has 4 nitrogen and oxygen atoms in total. The average Bonchev–Trinajstić information content (AvgIpc) is 2.99. The van der Waals surface area contributed by atoms with Gasteiger partial charge in [0.2, 0.25) is 0 Å². The normalized spacial score (nSPS) is 31.3. The Balaban J connectivity index is 1.81. The summed E-state index contributed by atoms with van der Waals surface area (Å²) in [6, 6.07) is 1.35. The zero-order valence-corrected chi connectivity index (χ0v) is 12.2. The van der Waals surface area contributed by atoms with Gasteiger partial charge in [-0.3, -0.25) is 0 Å². The minimum Gasteiger partial charge on any atom is -0.381 e. The molecule has 2 aliphatic rings. The van der Waals surface area contributed by atoms with Crippen molar-refractivity contribution in [2.45, 2.75) is 31.8 Å². The van der Waals surface area contributed by atoms with Crippen molar-refractivity contribution in [1.82, 2.24) is 15.1 Å². The maximum absolute atomic E-state index is 5.54. The van der Waals surface area contributed by atoms with Crippen LogP contribution in [-0.2, 0) is 4.74 Å². The first kappa shape index (κ1) is 14.3. The summed E-state index contributed by atoms with van der Waals surface area (Å²) < 4.78 is 5.54. The first-order chi connectivity index (χ1) is 8.70. The molecule has 4 heteroatoms. The molecule has 106 valence electrons. The summed E-state index contributed by atoms with van der Waals surface area (Å²) >= 11 is 0. The second-order valence-electron chi connectivity index (χ2n) is 5.95. The number of rotatable bonds is 6.